The number of methoxy groups -OCH3 is 1. The lowest BCUT2D eigenvalue weighted by molar-refractivity contribution is 0.106. The molecule has 2 rings (SSSR count). The average molecular weight is 501 g/mol. The molecule has 1 aromatic carbocycles. The first-order valence-corrected chi connectivity index (χ1v) is 12.0. The van der Waals surface area contributed by atoms with Crippen molar-refractivity contribution in [2.75, 3.05) is 27.7 Å². The zero-order valence-electron chi connectivity index (χ0n) is 22.3. The first kappa shape index (κ1) is 32.9. The van der Waals surface area contributed by atoms with Gasteiger partial charge in [-0.15, -0.1) is 0 Å². The van der Waals surface area contributed by atoms with E-state index in [1.54, 1.807) is 44.4 Å². The van der Waals surface area contributed by atoms with Gasteiger partial charge < -0.3 is 36.6 Å². The van der Waals surface area contributed by atoms with Crippen molar-refractivity contribution in [2.24, 2.45) is 11.5 Å². The minimum absolute atomic E-state index is 0.642. The largest absolute Gasteiger partial charge is 0.497 e. The first-order chi connectivity index (χ1) is 17.3. The molecule has 2 aromatic rings. The van der Waals surface area contributed by atoms with E-state index in [-0.39, 0.29) is 0 Å². The Morgan fingerprint density at radius 1 is 1.11 bits per heavy atom. The third-order valence-electron chi connectivity index (χ3n) is 4.96. The summed E-state index contributed by atoms with van der Waals surface area (Å²) in [5.41, 5.74) is 10.3. The smallest absolute Gasteiger partial charge is 0.226 e. The summed E-state index contributed by atoms with van der Waals surface area (Å²) >= 11 is 0. The molecule has 0 saturated carbocycles. The second-order valence-electron chi connectivity index (χ2n) is 7.94. The van der Waals surface area contributed by atoms with E-state index in [2.05, 4.69) is 21.2 Å². The molecule has 0 spiro atoms. The number of nitrogens with two attached hydrogens (primary N) is 2. The number of rotatable bonds is 13. The molecule has 1 atom stereocenters. The molecule has 0 fully saturated rings. The molecular weight excluding hydrogens is 456 g/mol. The van der Waals surface area contributed by atoms with Gasteiger partial charge in [-0.25, -0.2) is 0 Å². The molecule has 1 unspecified atom stereocenters. The van der Waals surface area contributed by atoms with Crippen LogP contribution in [0.1, 0.15) is 45.4 Å². The summed E-state index contributed by atoms with van der Waals surface area (Å²) in [5, 5.41) is 23.2. The lowest BCUT2D eigenvalue weighted by atomic mass is 10.1. The van der Waals surface area contributed by atoms with Crippen molar-refractivity contribution in [2.45, 2.75) is 51.7 Å². The Hall–Kier alpha value is -3.11. The molecule has 0 aliphatic heterocycles. The number of aryl methyl sites for hydroxylation is 1. The normalized spacial score (nSPS) is 12.9. The van der Waals surface area contributed by atoms with Crippen LogP contribution in [0.4, 0.5) is 0 Å². The second kappa shape index (κ2) is 20.1. The van der Waals surface area contributed by atoms with Gasteiger partial charge in [-0.3, -0.25) is 0 Å². The summed E-state index contributed by atoms with van der Waals surface area (Å²) in [4.78, 5) is 4.44. The highest BCUT2D eigenvalue weighted by Crippen LogP contribution is 2.20. The van der Waals surface area contributed by atoms with Crippen molar-refractivity contribution in [3.63, 3.8) is 0 Å². The van der Waals surface area contributed by atoms with Gasteiger partial charge in [-0.2, -0.15) is 4.98 Å². The highest BCUT2D eigenvalue weighted by molar-refractivity contribution is 5.68. The summed E-state index contributed by atoms with van der Waals surface area (Å²) in [7, 11) is 5.14. The van der Waals surface area contributed by atoms with Gasteiger partial charge >= 0.3 is 0 Å². The van der Waals surface area contributed by atoms with Crippen LogP contribution < -0.4 is 21.5 Å². The van der Waals surface area contributed by atoms with Crippen LogP contribution in [0.2, 0.25) is 0 Å². The Morgan fingerprint density at radius 3 is 2.33 bits per heavy atom. The lowest BCUT2D eigenvalue weighted by Gasteiger charge is -2.17. The molecule has 0 radical (unpaired) electrons. The van der Waals surface area contributed by atoms with Crippen LogP contribution in [0.25, 0.3) is 11.4 Å². The highest BCUT2D eigenvalue weighted by atomic mass is 16.5. The summed E-state index contributed by atoms with van der Waals surface area (Å²) < 4.78 is 10.4. The van der Waals surface area contributed by atoms with Gasteiger partial charge in [0.15, 0.2) is 0 Å². The quantitative estimate of drug-likeness (QED) is 0.120. The van der Waals surface area contributed by atoms with E-state index in [4.69, 9.17) is 20.4 Å². The maximum atomic E-state index is 9.31. The summed E-state index contributed by atoms with van der Waals surface area (Å²) in [6.07, 6.45) is 15.4. The van der Waals surface area contributed by atoms with Gasteiger partial charge in [0.2, 0.25) is 11.7 Å². The molecule has 0 saturated heterocycles. The number of unbranched alkanes of at least 4 members (excludes halogenated alkanes) is 3. The van der Waals surface area contributed by atoms with Crippen LogP contribution in [-0.4, -0.2) is 54.9 Å². The fraction of sp³-hybridized carbons (Fsp3) is 0.444. The monoisotopic (exact) mass is 500 g/mol. The van der Waals surface area contributed by atoms with Crippen LogP contribution in [0.5, 0.6) is 5.75 Å². The molecule has 0 amide bonds. The minimum Gasteiger partial charge on any atom is -0.497 e. The van der Waals surface area contributed by atoms with Gasteiger partial charge in [-0.05, 0) is 83.2 Å². The molecule has 1 aromatic heterocycles. The summed E-state index contributed by atoms with van der Waals surface area (Å²) in [6.45, 7) is 4.37. The van der Waals surface area contributed by atoms with Crippen molar-refractivity contribution in [3.05, 3.63) is 66.1 Å². The number of benzene rings is 1. The zero-order valence-corrected chi connectivity index (χ0v) is 22.3. The predicted octanol–water partition coefficient (Wildman–Crippen LogP) is 4.00. The number of hydrogen-bond acceptors (Lipinski definition) is 9. The number of hydrogen-bond donors (Lipinski definition) is 5. The number of nitrogens with zero attached hydrogens (tertiary/aromatic N) is 2. The third-order valence-corrected chi connectivity index (χ3v) is 4.96. The number of nitrogens with one attached hydrogen (secondary N) is 2. The van der Waals surface area contributed by atoms with Crippen LogP contribution in [-0.2, 0) is 6.42 Å². The van der Waals surface area contributed by atoms with Gasteiger partial charge in [0.05, 0.1) is 7.11 Å². The molecule has 0 aliphatic carbocycles. The first-order valence-electron chi connectivity index (χ1n) is 12.0. The zero-order chi connectivity index (χ0) is 27.2. The second-order valence-corrected chi connectivity index (χ2v) is 7.94. The number of aliphatic hydroxyl groups is 1. The molecule has 36 heavy (non-hydrogen) atoms. The van der Waals surface area contributed by atoms with Crippen molar-refractivity contribution in [1.29, 1.82) is 5.41 Å². The van der Waals surface area contributed by atoms with Crippen molar-refractivity contribution < 1.29 is 14.4 Å². The van der Waals surface area contributed by atoms with E-state index in [9.17, 15) is 5.11 Å². The van der Waals surface area contributed by atoms with Crippen molar-refractivity contribution >= 4 is 6.21 Å². The Balaban J connectivity index is 0.000000706. The fourth-order valence-corrected chi connectivity index (χ4v) is 2.70. The van der Waals surface area contributed by atoms with Crippen molar-refractivity contribution in [1.82, 2.24) is 15.5 Å². The fourth-order valence-electron chi connectivity index (χ4n) is 2.70. The minimum atomic E-state index is -1.25. The van der Waals surface area contributed by atoms with Crippen LogP contribution in [0.3, 0.4) is 0 Å². The van der Waals surface area contributed by atoms with Crippen molar-refractivity contribution in [3.8, 4) is 17.1 Å². The van der Waals surface area contributed by atoms with E-state index >= 15 is 0 Å². The van der Waals surface area contributed by atoms with Gasteiger partial charge in [-0.1, -0.05) is 42.3 Å². The molecule has 1 heterocycles. The van der Waals surface area contributed by atoms with Crippen LogP contribution in [0, 0.1) is 5.41 Å². The summed E-state index contributed by atoms with van der Waals surface area (Å²) in [5.74, 6) is 2.18. The number of allylic oxidation sites excluding steroid dienone is 5. The van der Waals surface area contributed by atoms with E-state index in [0.29, 0.717) is 11.4 Å². The topological polar surface area (TPSA) is 156 Å². The molecule has 9 heteroatoms. The molecule has 7 N–H and O–H groups in total. The van der Waals surface area contributed by atoms with E-state index < -0.39 is 5.72 Å². The Bertz CT molecular complexity index is 912. The van der Waals surface area contributed by atoms with Crippen LogP contribution >= 0.6 is 0 Å². The molecule has 200 valence electrons. The average Bonchev–Trinajstić information content (AvgIpc) is 3.36. The van der Waals surface area contributed by atoms with Crippen LogP contribution in [0.15, 0.2) is 64.7 Å². The van der Waals surface area contributed by atoms with Gasteiger partial charge in [0.25, 0.3) is 0 Å². The number of ether oxygens (including phenoxy) is 1. The predicted molar refractivity (Wildman–Crippen MR) is 148 cm³/mol. The van der Waals surface area contributed by atoms with Gasteiger partial charge in [0, 0.05) is 18.2 Å². The maximum Gasteiger partial charge on any atom is 0.226 e. The molecule has 0 aliphatic rings. The standard InChI is InChI=1S/C16H23N3O2.C10H16N2O.CH5N/c1-17-12-6-4-3-5-7-15-18-16(19-21-15)13-8-10-14(20-2)11-9-13;1-9(10(2,12)13)7-5-3-4-6-8-11;1-2/h8-11,17H,3-7,12H2,1-2H3;3-8,11,13H,12H2,1-2H3;2H2,1H3/b;5-3-,6-4+,9-7+,11-8?;. The number of aromatic nitrogens is 2. The van der Waals surface area contributed by atoms with Gasteiger partial charge in [0.1, 0.15) is 11.5 Å². The SMILES string of the molecule is CN.CNCCCCCCc1nc(-c2ccc(OC)cc2)no1.C\C(=C/C=C\C=C\C=N)C(C)(N)O. The molecule has 0 bridgehead atoms. The third kappa shape index (κ3) is 15.0. The van der Waals surface area contributed by atoms with E-state index in [0.717, 1.165) is 36.6 Å². The maximum absolute atomic E-state index is 9.31. The highest BCUT2D eigenvalue weighted by Gasteiger charge is 2.13. The Morgan fingerprint density at radius 2 is 1.75 bits per heavy atom. The summed E-state index contributed by atoms with van der Waals surface area (Å²) in [6, 6.07) is 7.66. The van der Waals surface area contributed by atoms with E-state index in [1.165, 1.54) is 39.4 Å². The Labute approximate surface area is 215 Å². The molecule has 9 nitrogen and oxygen atoms in total. The van der Waals surface area contributed by atoms with E-state index in [1.807, 2.05) is 31.3 Å². The lowest BCUT2D eigenvalue weighted by Crippen LogP contribution is -2.36. The molecular formula is C27H44N6O3. The Kier molecular flexibility index (Phi) is 18.4.